The van der Waals surface area contributed by atoms with Gasteiger partial charge in [0.25, 0.3) is 0 Å². The first-order valence-corrected chi connectivity index (χ1v) is 10.2. The van der Waals surface area contributed by atoms with E-state index in [0.29, 0.717) is 30.6 Å². The molecule has 0 aliphatic carbocycles. The maximum atomic E-state index is 12.1. The Morgan fingerprint density at radius 1 is 1.16 bits per heavy atom. The summed E-state index contributed by atoms with van der Waals surface area (Å²) in [6, 6.07) is 8.40. The van der Waals surface area contributed by atoms with Crippen LogP contribution in [-0.2, 0) is 14.6 Å². The van der Waals surface area contributed by atoms with Gasteiger partial charge in [0, 0.05) is 6.54 Å². The van der Waals surface area contributed by atoms with Crippen LogP contribution in [0.25, 0.3) is 0 Å². The number of amides is 1. The lowest BCUT2D eigenvalue weighted by atomic mass is 10.1. The number of carbonyl (C=O) groups is 1. The van der Waals surface area contributed by atoms with Crippen molar-refractivity contribution in [2.24, 2.45) is 0 Å². The second kappa shape index (κ2) is 9.77. The first-order valence-electron chi connectivity index (χ1n) is 8.53. The van der Waals surface area contributed by atoms with Gasteiger partial charge in [-0.1, -0.05) is 31.0 Å². The lowest BCUT2D eigenvalue weighted by Gasteiger charge is -2.20. The highest BCUT2D eigenvalue weighted by Gasteiger charge is 2.17. The molecule has 0 spiro atoms. The Bertz CT molecular complexity index is 623. The topological polar surface area (TPSA) is 92.7 Å². The molecule has 0 aliphatic heterocycles. The molecule has 0 bridgehead atoms. The first-order chi connectivity index (χ1) is 11.6. The van der Waals surface area contributed by atoms with Crippen LogP contribution in [0.1, 0.15) is 46.5 Å². The molecule has 0 saturated heterocycles. The maximum Gasteiger partial charge on any atom is 0.407 e. The highest BCUT2D eigenvalue weighted by molar-refractivity contribution is 7.91. The molecule has 1 aromatic carbocycles. The summed E-state index contributed by atoms with van der Waals surface area (Å²) in [6.45, 7) is 5.43. The zero-order chi connectivity index (χ0) is 18.9. The molecule has 6 nitrogen and oxygen atoms in total. The van der Waals surface area contributed by atoms with Gasteiger partial charge in [-0.2, -0.15) is 0 Å². The zero-order valence-electron chi connectivity index (χ0n) is 15.2. The van der Waals surface area contributed by atoms with Crippen molar-refractivity contribution >= 4 is 15.9 Å². The number of sulfone groups is 1. The van der Waals surface area contributed by atoms with Crippen LogP contribution in [0.2, 0.25) is 0 Å². The number of alkyl carbamates (subject to hydrolysis) is 1. The van der Waals surface area contributed by atoms with Crippen LogP contribution in [0.15, 0.2) is 35.2 Å². The summed E-state index contributed by atoms with van der Waals surface area (Å²) >= 11 is 0. The third-order valence-corrected chi connectivity index (χ3v) is 5.25. The Morgan fingerprint density at radius 2 is 1.80 bits per heavy atom. The lowest BCUT2D eigenvalue weighted by molar-refractivity contribution is 0.0487. The van der Waals surface area contributed by atoms with Crippen molar-refractivity contribution in [3.05, 3.63) is 30.3 Å². The minimum absolute atomic E-state index is 0.100. The second-order valence-corrected chi connectivity index (χ2v) is 9.13. The average Bonchev–Trinajstić information content (AvgIpc) is 2.52. The number of nitrogens with one attached hydrogen (secondary N) is 1. The van der Waals surface area contributed by atoms with E-state index in [4.69, 9.17) is 4.74 Å². The van der Waals surface area contributed by atoms with Crippen molar-refractivity contribution in [1.82, 2.24) is 5.32 Å². The van der Waals surface area contributed by atoms with Crippen LogP contribution in [0.4, 0.5) is 4.79 Å². The van der Waals surface area contributed by atoms with E-state index >= 15 is 0 Å². The van der Waals surface area contributed by atoms with Crippen molar-refractivity contribution in [1.29, 1.82) is 0 Å². The van der Waals surface area contributed by atoms with Crippen LogP contribution in [-0.4, -0.2) is 43.6 Å². The minimum atomic E-state index is -3.24. The molecule has 142 valence electrons. The molecular formula is C18H29NO5S. The van der Waals surface area contributed by atoms with E-state index in [1.807, 2.05) is 0 Å². The first kappa shape index (κ1) is 21.4. The van der Waals surface area contributed by atoms with Gasteiger partial charge in [0.05, 0.1) is 16.8 Å². The summed E-state index contributed by atoms with van der Waals surface area (Å²) in [4.78, 5) is 11.8. The molecule has 1 aromatic rings. The molecule has 25 heavy (non-hydrogen) atoms. The SMILES string of the molecule is CC(C)(C)OC(=O)NCC(O)CCCCCS(=O)(=O)c1ccccc1. The van der Waals surface area contributed by atoms with E-state index in [2.05, 4.69) is 5.32 Å². The third-order valence-electron chi connectivity index (χ3n) is 3.43. The van der Waals surface area contributed by atoms with Crippen molar-refractivity contribution in [3.8, 4) is 0 Å². The Hall–Kier alpha value is -1.60. The van der Waals surface area contributed by atoms with Crippen molar-refractivity contribution < 1.29 is 23.1 Å². The number of ether oxygens (including phenoxy) is 1. The Balaban J connectivity index is 2.18. The summed E-state index contributed by atoms with van der Waals surface area (Å²) in [7, 11) is -3.24. The van der Waals surface area contributed by atoms with Crippen LogP contribution < -0.4 is 5.32 Å². The second-order valence-electron chi connectivity index (χ2n) is 7.02. The van der Waals surface area contributed by atoms with Gasteiger partial charge in [-0.3, -0.25) is 0 Å². The van der Waals surface area contributed by atoms with Crippen LogP contribution in [0.3, 0.4) is 0 Å². The Morgan fingerprint density at radius 3 is 2.40 bits per heavy atom. The molecule has 0 heterocycles. The third kappa shape index (κ3) is 9.45. The fourth-order valence-electron chi connectivity index (χ4n) is 2.21. The fourth-order valence-corrected chi connectivity index (χ4v) is 3.60. The van der Waals surface area contributed by atoms with E-state index in [9.17, 15) is 18.3 Å². The molecular weight excluding hydrogens is 342 g/mol. The van der Waals surface area contributed by atoms with Gasteiger partial charge in [0.1, 0.15) is 5.60 Å². The Labute approximate surface area is 150 Å². The lowest BCUT2D eigenvalue weighted by Crippen LogP contribution is -2.36. The van der Waals surface area contributed by atoms with E-state index in [1.54, 1.807) is 51.1 Å². The molecule has 1 amide bonds. The number of rotatable bonds is 9. The van der Waals surface area contributed by atoms with Crippen LogP contribution in [0.5, 0.6) is 0 Å². The van der Waals surface area contributed by atoms with Crippen LogP contribution >= 0.6 is 0 Å². The van der Waals surface area contributed by atoms with E-state index in [0.717, 1.165) is 0 Å². The molecule has 0 radical (unpaired) electrons. The normalized spacial score (nSPS) is 13.3. The van der Waals surface area contributed by atoms with Crippen LogP contribution in [0, 0.1) is 0 Å². The number of benzene rings is 1. The standard InChI is InChI=1S/C18H29NO5S/c1-18(2,3)24-17(21)19-14-15(20)10-6-5-9-13-25(22,23)16-11-7-4-8-12-16/h4,7-8,11-12,15,20H,5-6,9-10,13-14H2,1-3H3,(H,19,21). The van der Waals surface area contributed by atoms with Crippen molar-refractivity contribution in [3.63, 3.8) is 0 Å². The zero-order valence-corrected chi connectivity index (χ0v) is 16.0. The van der Waals surface area contributed by atoms with E-state index in [1.165, 1.54) is 0 Å². The van der Waals surface area contributed by atoms with Crippen molar-refractivity contribution in [2.75, 3.05) is 12.3 Å². The summed E-state index contributed by atoms with van der Waals surface area (Å²) in [5, 5.41) is 12.4. The van der Waals surface area contributed by atoms with Crippen molar-refractivity contribution in [2.45, 2.75) is 63.1 Å². The maximum absolute atomic E-state index is 12.1. The largest absolute Gasteiger partial charge is 0.444 e. The quantitative estimate of drug-likeness (QED) is 0.651. The monoisotopic (exact) mass is 371 g/mol. The predicted molar refractivity (Wildman–Crippen MR) is 97.2 cm³/mol. The van der Waals surface area contributed by atoms with Gasteiger partial charge in [0.15, 0.2) is 9.84 Å². The van der Waals surface area contributed by atoms with E-state index < -0.39 is 27.6 Å². The molecule has 7 heteroatoms. The van der Waals surface area contributed by atoms with Gasteiger partial charge in [-0.25, -0.2) is 13.2 Å². The summed E-state index contributed by atoms with van der Waals surface area (Å²) < 4.78 is 29.3. The predicted octanol–water partition coefficient (Wildman–Crippen LogP) is 2.91. The molecule has 0 fully saturated rings. The molecule has 1 rings (SSSR count). The summed E-state index contributed by atoms with van der Waals surface area (Å²) in [5.41, 5.74) is -0.570. The smallest absolute Gasteiger partial charge is 0.407 e. The molecule has 1 unspecified atom stereocenters. The summed E-state index contributed by atoms with van der Waals surface area (Å²) in [6.07, 6.45) is 1.22. The number of aliphatic hydroxyl groups is 1. The number of hydrogen-bond acceptors (Lipinski definition) is 5. The molecule has 0 aromatic heterocycles. The molecule has 0 saturated carbocycles. The van der Waals surface area contributed by atoms with Gasteiger partial charge < -0.3 is 15.2 Å². The molecule has 0 aliphatic rings. The van der Waals surface area contributed by atoms with Gasteiger partial charge in [-0.05, 0) is 45.7 Å². The number of unbranched alkanes of at least 4 members (excludes halogenated alkanes) is 2. The Kier molecular flexibility index (Phi) is 8.38. The fraction of sp³-hybridized carbons (Fsp3) is 0.611. The number of hydrogen-bond donors (Lipinski definition) is 2. The van der Waals surface area contributed by atoms with Gasteiger partial charge >= 0.3 is 6.09 Å². The van der Waals surface area contributed by atoms with E-state index in [-0.39, 0.29) is 12.3 Å². The van der Waals surface area contributed by atoms with Gasteiger partial charge in [-0.15, -0.1) is 0 Å². The number of aliphatic hydroxyl groups excluding tert-OH is 1. The number of carbonyl (C=O) groups excluding carboxylic acids is 1. The summed E-state index contributed by atoms with van der Waals surface area (Å²) in [5.74, 6) is 0.100. The molecule has 1 atom stereocenters. The molecule has 2 N–H and O–H groups in total. The minimum Gasteiger partial charge on any atom is -0.444 e. The highest BCUT2D eigenvalue weighted by atomic mass is 32.2. The van der Waals surface area contributed by atoms with Gasteiger partial charge in [0.2, 0.25) is 0 Å². The highest BCUT2D eigenvalue weighted by Crippen LogP contribution is 2.13. The average molecular weight is 371 g/mol.